The van der Waals surface area contributed by atoms with E-state index in [1.807, 2.05) is 24.3 Å². The highest BCUT2D eigenvalue weighted by molar-refractivity contribution is 5.89. The van der Waals surface area contributed by atoms with Crippen molar-refractivity contribution in [2.75, 3.05) is 38.3 Å². The van der Waals surface area contributed by atoms with Crippen molar-refractivity contribution in [3.05, 3.63) is 65.2 Å². The summed E-state index contributed by atoms with van der Waals surface area (Å²) in [6, 6.07) is 16.6. The number of hydrogen-bond donors (Lipinski definition) is 0. The van der Waals surface area contributed by atoms with E-state index in [0.29, 0.717) is 5.56 Å². The Bertz CT molecular complexity index is 673. The highest BCUT2D eigenvalue weighted by Crippen LogP contribution is 2.18. The molecule has 25 heavy (non-hydrogen) atoms. The van der Waals surface area contributed by atoms with Crippen LogP contribution in [-0.4, -0.2) is 39.4 Å². The molecular formula is C21H25NO3. The molecule has 4 heteroatoms. The summed E-state index contributed by atoms with van der Waals surface area (Å²) in [5.41, 5.74) is 4.50. The highest BCUT2D eigenvalue weighted by Gasteiger charge is 2.10. The minimum absolute atomic E-state index is 0.285. The van der Waals surface area contributed by atoms with Crippen molar-refractivity contribution in [2.45, 2.75) is 19.3 Å². The molecule has 4 nitrogen and oxygen atoms in total. The van der Waals surface area contributed by atoms with Gasteiger partial charge in [-0.2, -0.15) is 0 Å². The van der Waals surface area contributed by atoms with Crippen LogP contribution < -0.4 is 4.90 Å². The number of anilines is 1. The van der Waals surface area contributed by atoms with E-state index >= 15 is 0 Å². The van der Waals surface area contributed by atoms with E-state index in [0.717, 1.165) is 45.6 Å². The Morgan fingerprint density at radius 3 is 2.08 bits per heavy atom. The predicted molar refractivity (Wildman–Crippen MR) is 99.3 cm³/mol. The number of ether oxygens (including phenoxy) is 2. The lowest BCUT2D eigenvalue weighted by molar-refractivity contribution is 0.0600. The average Bonchev–Trinajstić information content (AvgIpc) is 2.69. The molecule has 1 saturated heterocycles. The van der Waals surface area contributed by atoms with E-state index in [9.17, 15) is 4.79 Å². The lowest BCUT2D eigenvalue weighted by atomic mass is 10.0. The topological polar surface area (TPSA) is 38.8 Å². The summed E-state index contributed by atoms with van der Waals surface area (Å²) in [4.78, 5) is 13.8. The number of rotatable bonds is 6. The van der Waals surface area contributed by atoms with Crippen molar-refractivity contribution in [1.82, 2.24) is 0 Å². The number of nitrogens with zero attached hydrogens (tertiary/aromatic N) is 1. The first kappa shape index (κ1) is 17.5. The molecule has 1 aliphatic rings. The molecule has 1 heterocycles. The molecule has 0 radical (unpaired) electrons. The third-order valence-electron chi connectivity index (χ3n) is 4.62. The van der Waals surface area contributed by atoms with E-state index in [2.05, 4.69) is 29.2 Å². The van der Waals surface area contributed by atoms with Crippen LogP contribution in [0.4, 0.5) is 5.69 Å². The third-order valence-corrected chi connectivity index (χ3v) is 4.62. The van der Waals surface area contributed by atoms with Gasteiger partial charge in [0.1, 0.15) is 0 Å². The lowest BCUT2D eigenvalue weighted by Crippen LogP contribution is -2.36. The molecule has 2 aromatic rings. The molecule has 1 aliphatic heterocycles. The first-order valence-electron chi connectivity index (χ1n) is 8.85. The Morgan fingerprint density at radius 1 is 0.960 bits per heavy atom. The summed E-state index contributed by atoms with van der Waals surface area (Å²) in [5.74, 6) is -0.285. The van der Waals surface area contributed by atoms with E-state index in [4.69, 9.17) is 9.47 Å². The second kappa shape index (κ2) is 8.67. The zero-order valence-corrected chi connectivity index (χ0v) is 14.7. The van der Waals surface area contributed by atoms with Gasteiger partial charge in [-0.05, 0) is 54.7 Å². The van der Waals surface area contributed by atoms with Gasteiger partial charge in [-0.25, -0.2) is 4.79 Å². The predicted octanol–water partition coefficient (Wildman–Crippen LogP) is 3.49. The Kier molecular flexibility index (Phi) is 6.07. The van der Waals surface area contributed by atoms with Crippen molar-refractivity contribution in [1.29, 1.82) is 0 Å². The molecule has 0 amide bonds. The molecule has 132 valence electrons. The van der Waals surface area contributed by atoms with E-state index in [1.54, 1.807) is 0 Å². The van der Waals surface area contributed by atoms with Crippen molar-refractivity contribution in [2.24, 2.45) is 0 Å². The summed E-state index contributed by atoms with van der Waals surface area (Å²) in [6.07, 6.45) is 3.16. The summed E-state index contributed by atoms with van der Waals surface area (Å²) < 4.78 is 10.1. The van der Waals surface area contributed by atoms with Gasteiger partial charge in [-0.15, -0.1) is 0 Å². The normalized spacial score (nSPS) is 14.4. The van der Waals surface area contributed by atoms with Crippen LogP contribution >= 0.6 is 0 Å². The fourth-order valence-corrected chi connectivity index (χ4v) is 3.12. The number of carbonyl (C=O) groups excluding carboxylic acids is 1. The van der Waals surface area contributed by atoms with Crippen LogP contribution in [0, 0.1) is 0 Å². The van der Waals surface area contributed by atoms with Crippen LogP contribution in [0.2, 0.25) is 0 Å². The minimum Gasteiger partial charge on any atom is -0.465 e. The first-order chi connectivity index (χ1) is 12.3. The lowest BCUT2D eigenvalue weighted by Gasteiger charge is -2.28. The van der Waals surface area contributed by atoms with Gasteiger partial charge in [-0.3, -0.25) is 0 Å². The molecule has 0 aromatic heterocycles. The molecule has 0 N–H and O–H groups in total. The molecule has 0 saturated carbocycles. The van der Waals surface area contributed by atoms with Crippen LogP contribution in [0.15, 0.2) is 48.5 Å². The summed E-state index contributed by atoms with van der Waals surface area (Å²) in [6.45, 7) is 3.58. The Hall–Kier alpha value is -2.33. The minimum atomic E-state index is -0.285. The molecule has 2 aromatic carbocycles. The van der Waals surface area contributed by atoms with Crippen LogP contribution in [0.1, 0.15) is 27.9 Å². The zero-order chi connectivity index (χ0) is 17.5. The molecular weight excluding hydrogens is 314 g/mol. The van der Waals surface area contributed by atoms with Gasteiger partial charge in [-0.1, -0.05) is 24.3 Å². The molecule has 1 fully saturated rings. The number of hydrogen-bond acceptors (Lipinski definition) is 4. The van der Waals surface area contributed by atoms with Crippen molar-refractivity contribution in [3.8, 4) is 0 Å². The number of esters is 1. The number of morpholine rings is 1. The number of methoxy groups -OCH3 is 1. The molecule has 0 unspecified atom stereocenters. The monoisotopic (exact) mass is 339 g/mol. The van der Waals surface area contributed by atoms with Crippen molar-refractivity contribution in [3.63, 3.8) is 0 Å². The van der Waals surface area contributed by atoms with E-state index in [1.165, 1.54) is 23.9 Å². The maximum atomic E-state index is 11.4. The number of benzene rings is 2. The second-order valence-electron chi connectivity index (χ2n) is 6.31. The van der Waals surface area contributed by atoms with Gasteiger partial charge in [0.2, 0.25) is 0 Å². The Morgan fingerprint density at radius 2 is 1.52 bits per heavy atom. The average molecular weight is 339 g/mol. The first-order valence-corrected chi connectivity index (χ1v) is 8.85. The van der Waals surface area contributed by atoms with Gasteiger partial charge in [0.25, 0.3) is 0 Å². The summed E-state index contributed by atoms with van der Waals surface area (Å²) in [5, 5.41) is 0. The van der Waals surface area contributed by atoms with Gasteiger partial charge in [0.05, 0.1) is 25.9 Å². The Labute approximate surface area is 149 Å². The second-order valence-corrected chi connectivity index (χ2v) is 6.31. The standard InChI is InChI=1S/C21H25NO3/c1-24-21(23)19-9-5-17(6-10-19)3-2-4-18-7-11-20(12-8-18)22-13-15-25-16-14-22/h5-12H,2-4,13-16H2,1H3. The summed E-state index contributed by atoms with van der Waals surface area (Å²) in [7, 11) is 1.40. The van der Waals surface area contributed by atoms with Crippen LogP contribution in [0.5, 0.6) is 0 Å². The smallest absolute Gasteiger partial charge is 0.337 e. The maximum absolute atomic E-state index is 11.4. The van der Waals surface area contributed by atoms with Crippen LogP contribution in [0.25, 0.3) is 0 Å². The van der Waals surface area contributed by atoms with Gasteiger partial charge >= 0.3 is 5.97 Å². The largest absolute Gasteiger partial charge is 0.465 e. The number of aryl methyl sites for hydroxylation is 2. The summed E-state index contributed by atoms with van der Waals surface area (Å²) >= 11 is 0. The van der Waals surface area contributed by atoms with Gasteiger partial charge in [0.15, 0.2) is 0 Å². The molecule has 0 bridgehead atoms. The van der Waals surface area contributed by atoms with Gasteiger partial charge in [0, 0.05) is 18.8 Å². The number of carbonyl (C=O) groups is 1. The molecule has 0 spiro atoms. The molecule has 0 aliphatic carbocycles. The fourth-order valence-electron chi connectivity index (χ4n) is 3.12. The molecule has 3 rings (SSSR count). The van der Waals surface area contributed by atoms with Crippen molar-refractivity contribution >= 4 is 11.7 Å². The third kappa shape index (κ3) is 4.83. The Balaban J connectivity index is 1.47. The zero-order valence-electron chi connectivity index (χ0n) is 14.7. The fraction of sp³-hybridized carbons (Fsp3) is 0.381. The quantitative estimate of drug-likeness (QED) is 0.755. The SMILES string of the molecule is COC(=O)c1ccc(CCCc2ccc(N3CCOCC3)cc2)cc1. The van der Waals surface area contributed by atoms with E-state index in [-0.39, 0.29) is 5.97 Å². The highest BCUT2D eigenvalue weighted by atomic mass is 16.5. The van der Waals surface area contributed by atoms with Crippen molar-refractivity contribution < 1.29 is 14.3 Å². The van der Waals surface area contributed by atoms with E-state index < -0.39 is 0 Å². The molecule has 0 atom stereocenters. The van der Waals surface area contributed by atoms with Gasteiger partial charge < -0.3 is 14.4 Å². The van der Waals surface area contributed by atoms with Crippen LogP contribution in [-0.2, 0) is 22.3 Å². The van der Waals surface area contributed by atoms with Crippen LogP contribution in [0.3, 0.4) is 0 Å². The maximum Gasteiger partial charge on any atom is 0.337 e.